The van der Waals surface area contributed by atoms with Gasteiger partial charge >= 0.3 is 59.5 Å². The third-order valence-electron chi connectivity index (χ3n) is 1.04. The van der Waals surface area contributed by atoms with E-state index in [0.29, 0.717) is 5.69 Å². The second kappa shape index (κ2) is 2.79. The summed E-state index contributed by atoms with van der Waals surface area (Å²) >= 11 is -0.961. The molecule has 0 aliphatic heterocycles. The molecule has 0 amide bonds. The molecule has 0 unspecified atom stereocenters. The van der Waals surface area contributed by atoms with Crippen molar-refractivity contribution in [2.75, 3.05) is 5.73 Å². The van der Waals surface area contributed by atoms with E-state index in [2.05, 4.69) is 0 Å². The third kappa shape index (κ3) is 1.39. The van der Waals surface area contributed by atoms with E-state index in [4.69, 9.17) is 5.73 Å². The molecule has 1 aromatic carbocycles. The molecule has 46 valence electrons. The van der Waals surface area contributed by atoms with Crippen LogP contribution in [0.2, 0.25) is 0 Å². The second-order valence-corrected chi connectivity index (χ2v) is 3.04. The summed E-state index contributed by atoms with van der Waals surface area (Å²) in [5.74, 6) is 0. The number of nitrogen functional groups attached to an aromatic ring is 1. The number of nitrogens with two attached hydrogens (primary N) is 1. The first-order valence-corrected chi connectivity index (χ1v) is 4.23. The van der Waals surface area contributed by atoms with Gasteiger partial charge in [0.2, 0.25) is 0 Å². The van der Waals surface area contributed by atoms with Crippen molar-refractivity contribution in [3.63, 3.8) is 0 Å². The average molecular weight is 183 g/mol. The van der Waals surface area contributed by atoms with Crippen LogP contribution in [0.25, 0.3) is 0 Å². The summed E-state index contributed by atoms with van der Waals surface area (Å²) in [5, 5.41) is 0. The monoisotopic (exact) mass is 183 g/mol. The molecule has 1 aromatic rings. The van der Waals surface area contributed by atoms with E-state index in [1.165, 1.54) is 0 Å². The molecular weight excluding hydrogens is 177 g/mol. The van der Waals surface area contributed by atoms with Crippen molar-refractivity contribution in [3.8, 4) is 0 Å². The van der Waals surface area contributed by atoms with Crippen LogP contribution < -0.4 is 10.1 Å². The number of rotatable bonds is 1. The summed E-state index contributed by atoms with van der Waals surface area (Å²) in [6.07, 6.45) is 0. The number of anilines is 1. The summed E-state index contributed by atoms with van der Waals surface area (Å²) in [6.45, 7) is 0. The van der Waals surface area contributed by atoms with Crippen LogP contribution in [-0.4, -0.2) is 15.7 Å². The van der Waals surface area contributed by atoms with Crippen LogP contribution in [-0.2, 0) is 3.74 Å². The van der Waals surface area contributed by atoms with Crippen molar-refractivity contribution in [2.45, 2.75) is 0 Å². The third-order valence-corrected chi connectivity index (χ3v) is 2.30. The minimum absolute atomic E-state index is 0.632. The molecule has 3 heteroatoms. The number of benzene rings is 1. The van der Waals surface area contributed by atoms with Crippen molar-refractivity contribution in [1.29, 1.82) is 0 Å². The van der Waals surface area contributed by atoms with Gasteiger partial charge in [0.1, 0.15) is 0 Å². The molecule has 0 heterocycles. The van der Waals surface area contributed by atoms with E-state index in [-0.39, 0.29) is 0 Å². The van der Waals surface area contributed by atoms with Crippen molar-refractivity contribution >= 4 is 25.7 Å². The molecule has 0 fully saturated rings. The molecule has 1 rings (SSSR count). The standard InChI is InChI=1S/C6H6AsNO/c8-6-4-2-1-3-5(6)7-9/h1-4H,8H2. The zero-order chi connectivity index (χ0) is 6.69. The van der Waals surface area contributed by atoms with Crippen LogP contribution in [0.1, 0.15) is 0 Å². The summed E-state index contributed by atoms with van der Waals surface area (Å²) in [5.41, 5.74) is 6.09. The molecule has 0 saturated heterocycles. The molecule has 2 N–H and O–H groups in total. The fraction of sp³-hybridized carbons (Fsp3) is 0. The van der Waals surface area contributed by atoms with Crippen molar-refractivity contribution in [2.24, 2.45) is 0 Å². The summed E-state index contributed by atoms with van der Waals surface area (Å²) < 4.78 is 11.1. The Bertz CT molecular complexity index is 224. The van der Waals surface area contributed by atoms with Crippen molar-refractivity contribution in [1.82, 2.24) is 0 Å². The van der Waals surface area contributed by atoms with Crippen LogP contribution in [0, 0.1) is 0 Å². The van der Waals surface area contributed by atoms with E-state index in [9.17, 15) is 3.74 Å². The predicted octanol–water partition coefficient (Wildman–Crippen LogP) is -0.0562. The Hall–Kier alpha value is -0.622. The van der Waals surface area contributed by atoms with Crippen LogP contribution in [0.5, 0.6) is 0 Å². The molecule has 0 saturated carbocycles. The summed E-state index contributed by atoms with van der Waals surface area (Å²) in [7, 11) is 0. The molecule has 0 bridgehead atoms. The quantitative estimate of drug-likeness (QED) is 0.489. The first-order chi connectivity index (χ1) is 4.34. The summed E-state index contributed by atoms with van der Waals surface area (Å²) in [4.78, 5) is 0. The number of hydrogen-bond acceptors (Lipinski definition) is 2. The van der Waals surface area contributed by atoms with Crippen molar-refractivity contribution in [3.05, 3.63) is 24.3 Å². The zero-order valence-electron chi connectivity index (χ0n) is 4.74. The van der Waals surface area contributed by atoms with Crippen LogP contribution in [0.4, 0.5) is 5.69 Å². The van der Waals surface area contributed by atoms with Gasteiger partial charge in [-0.25, -0.2) is 0 Å². The van der Waals surface area contributed by atoms with Crippen molar-refractivity contribution < 1.29 is 3.74 Å². The van der Waals surface area contributed by atoms with E-state index in [1.54, 1.807) is 12.1 Å². The maximum atomic E-state index is 10.4. The van der Waals surface area contributed by atoms with E-state index >= 15 is 0 Å². The fourth-order valence-electron chi connectivity index (χ4n) is 0.571. The van der Waals surface area contributed by atoms with Gasteiger partial charge in [-0.1, -0.05) is 0 Å². The van der Waals surface area contributed by atoms with Gasteiger partial charge < -0.3 is 0 Å². The van der Waals surface area contributed by atoms with Crippen LogP contribution in [0.3, 0.4) is 0 Å². The number of para-hydroxylation sites is 1. The Morgan fingerprint density at radius 2 is 2.00 bits per heavy atom. The Morgan fingerprint density at radius 3 is 2.44 bits per heavy atom. The molecule has 0 atom stereocenters. The molecule has 0 aliphatic carbocycles. The van der Waals surface area contributed by atoms with Gasteiger partial charge in [-0.05, 0) is 0 Å². The maximum absolute atomic E-state index is 10.4. The van der Waals surface area contributed by atoms with Crippen LogP contribution in [0.15, 0.2) is 24.3 Å². The Balaban J connectivity index is 3.15. The van der Waals surface area contributed by atoms with Gasteiger partial charge in [0.05, 0.1) is 0 Å². The van der Waals surface area contributed by atoms with Gasteiger partial charge in [-0.2, -0.15) is 0 Å². The predicted molar refractivity (Wildman–Crippen MR) is 36.9 cm³/mol. The van der Waals surface area contributed by atoms with Gasteiger partial charge in [0.25, 0.3) is 0 Å². The van der Waals surface area contributed by atoms with E-state index < -0.39 is 15.7 Å². The first-order valence-electron chi connectivity index (χ1n) is 2.52. The fourth-order valence-corrected chi connectivity index (χ4v) is 1.26. The zero-order valence-corrected chi connectivity index (χ0v) is 6.62. The molecule has 9 heavy (non-hydrogen) atoms. The SMILES string of the molecule is Nc1ccccc1[As]=O. The Morgan fingerprint density at radius 1 is 1.33 bits per heavy atom. The van der Waals surface area contributed by atoms with E-state index in [1.807, 2.05) is 12.1 Å². The Labute approximate surface area is 60.0 Å². The minimum atomic E-state index is -0.961. The molecule has 2 nitrogen and oxygen atoms in total. The van der Waals surface area contributed by atoms with Gasteiger partial charge in [0, 0.05) is 0 Å². The molecule has 0 spiro atoms. The second-order valence-electron chi connectivity index (χ2n) is 1.65. The first kappa shape index (κ1) is 6.50. The molecule has 0 aliphatic rings. The number of hydrogen-bond donors (Lipinski definition) is 1. The van der Waals surface area contributed by atoms with Gasteiger partial charge in [-0.15, -0.1) is 0 Å². The average Bonchev–Trinajstić information content (AvgIpc) is 1.89. The Kier molecular flexibility index (Phi) is 2.01. The van der Waals surface area contributed by atoms with E-state index in [0.717, 1.165) is 4.35 Å². The molecular formula is C6H6AsNO. The molecule has 0 aromatic heterocycles. The topological polar surface area (TPSA) is 43.1 Å². The van der Waals surface area contributed by atoms with Gasteiger partial charge in [0.15, 0.2) is 0 Å². The normalized spacial score (nSPS) is 9.78. The molecule has 0 radical (unpaired) electrons. The van der Waals surface area contributed by atoms with Gasteiger partial charge in [-0.3, -0.25) is 0 Å². The van der Waals surface area contributed by atoms with Crippen LogP contribution >= 0.6 is 0 Å². The summed E-state index contributed by atoms with van der Waals surface area (Å²) in [6, 6.07) is 7.19.